The summed E-state index contributed by atoms with van der Waals surface area (Å²) in [4.78, 5) is 21.6. The van der Waals surface area contributed by atoms with Crippen LogP contribution in [0, 0.1) is 17.8 Å². The molecule has 6 unspecified atom stereocenters. The predicted octanol–water partition coefficient (Wildman–Crippen LogP) is 3.57. The lowest BCUT2D eigenvalue weighted by atomic mass is 9.87. The van der Waals surface area contributed by atoms with Crippen molar-refractivity contribution in [1.29, 1.82) is 0 Å². The zero-order chi connectivity index (χ0) is 25.2. The van der Waals surface area contributed by atoms with Crippen molar-refractivity contribution in [3.8, 4) is 0 Å². The molecule has 0 bridgehead atoms. The molecule has 7 nitrogen and oxygen atoms in total. The molecule has 32 heavy (non-hydrogen) atoms. The third kappa shape index (κ3) is 13.1. The molecule has 0 aromatic carbocycles. The fraction of sp³-hybridized carbons (Fsp3) is 0.500. The van der Waals surface area contributed by atoms with E-state index in [1.165, 1.54) is 0 Å². The Hall–Kier alpha value is -1.57. The van der Waals surface area contributed by atoms with E-state index in [9.17, 15) is 15.3 Å². The third-order valence-corrected chi connectivity index (χ3v) is 5.60. The minimum absolute atomic E-state index is 0.238. The zero-order valence-corrected chi connectivity index (χ0v) is 20.6. The molecule has 6 N–H and O–H groups in total. The van der Waals surface area contributed by atoms with Crippen LogP contribution in [0.2, 0.25) is 0 Å². The number of hydrogen-bond donors (Lipinski definition) is 6. The van der Waals surface area contributed by atoms with Gasteiger partial charge in [0, 0.05) is 17.8 Å². The average Bonchev–Trinajstić information content (AvgIpc) is 2.62. The van der Waals surface area contributed by atoms with Gasteiger partial charge in [0.1, 0.15) is 0 Å². The van der Waals surface area contributed by atoms with E-state index in [1.807, 2.05) is 114 Å². The van der Waals surface area contributed by atoms with E-state index >= 15 is 0 Å². The summed E-state index contributed by atoms with van der Waals surface area (Å²) in [6.07, 6.45) is 23.0. The summed E-state index contributed by atoms with van der Waals surface area (Å²) in [5, 5.41) is 28.5. The second kappa shape index (κ2) is 12.6. The van der Waals surface area contributed by atoms with Crippen LogP contribution in [0.3, 0.4) is 0 Å². The number of aliphatic hydroxyl groups is 3. The summed E-state index contributed by atoms with van der Waals surface area (Å²) >= 11 is 0. The normalized spacial score (nSPS) is 36.8. The molecule has 3 aliphatic carbocycles. The molecular formula is C24H39O7P. The van der Waals surface area contributed by atoms with E-state index in [1.54, 1.807) is 0 Å². The average molecular weight is 471 g/mol. The second-order valence-corrected chi connectivity index (χ2v) is 9.82. The van der Waals surface area contributed by atoms with Crippen molar-refractivity contribution in [3.63, 3.8) is 0 Å². The molecule has 8 heteroatoms. The SMILES string of the molecule is CC1C=CC=CC1(C)O.CC1C=CC=CC1(C)O.CC1C=CC=CC1(C)O.O=P(O)(O)O. The van der Waals surface area contributed by atoms with Crippen molar-refractivity contribution >= 4 is 7.82 Å². The Balaban J connectivity index is 0.000000410. The minimum atomic E-state index is -4.64. The summed E-state index contributed by atoms with van der Waals surface area (Å²) in [5.74, 6) is 0.715. The van der Waals surface area contributed by atoms with Gasteiger partial charge in [0.15, 0.2) is 0 Å². The Morgan fingerprint density at radius 1 is 0.562 bits per heavy atom. The molecule has 0 fully saturated rings. The van der Waals surface area contributed by atoms with Gasteiger partial charge in [-0.05, 0) is 20.8 Å². The van der Waals surface area contributed by atoms with Gasteiger partial charge in [-0.25, -0.2) is 4.57 Å². The maximum absolute atomic E-state index is 9.50. The van der Waals surface area contributed by atoms with Gasteiger partial charge < -0.3 is 30.0 Å². The molecule has 0 aromatic heterocycles. The quantitative estimate of drug-likeness (QED) is 0.298. The van der Waals surface area contributed by atoms with E-state index in [0.717, 1.165) is 0 Å². The highest BCUT2D eigenvalue weighted by atomic mass is 31.2. The van der Waals surface area contributed by atoms with Gasteiger partial charge in [-0.3, -0.25) is 0 Å². The van der Waals surface area contributed by atoms with Crippen LogP contribution in [0.1, 0.15) is 41.5 Å². The van der Waals surface area contributed by atoms with Crippen molar-refractivity contribution < 1.29 is 34.6 Å². The molecule has 0 amide bonds. The van der Waals surface area contributed by atoms with Crippen molar-refractivity contribution in [3.05, 3.63) is 72.9 Å². The lowest BCUT2D eigenvalue weighted by Crippen LogP contribution is -2.29. The van der Waals surface area contributed by atoms with Gasteiger partial charge in [0.25, 0.3) is 0 Å². The van der Waals surface area contributed by atoms with Crippen LogP contribution >= 0.6 is 7.82 Å². The van der Waals surface area contributed by atoms with Gasteiger partial charge in [-0.15, -0.1) is 0 Å². The Kier molecular flexibility index (Phi) is 12.0. The van der Waals surface area contributed by atoms with Crippen molar-refractivity contribution in [2.45, 2.75) is 58.3 Å². The molecule has 0 heterocycles. The van der Waals surface area contributed by atoms with Crippen LogP contribution < -0.4 is 0 Å². The van der Waals surface area contributed by atoms with Crippen LogP contribution in [0.25, 0.3) is 0 Å². The summed E-state index contributed by atoms with van der Waals surface area (Å²) in [5.41, 5.74) is -1.89. The Morgan fingerprint density at radius 3 is 0.844 bits per heavy atom. The predicted molar refractivity (Wildman–Crippen MR) is 128 cm³/mol. The summed E-state index contributed by atoms with van der Waals surface area (Å²) in [7, 11) is -4.64. The van der Waals surface area contributed by atoms with E-state index in [2.05, 4.69) is 0 Å². The first-order valence-electron chi connectivity index (χ1n) is 10.4. The molecule has 0 spiro atoms. The van der Waals surface area contributed by atoms with Crippen LogP contribution in [-0.4, -0.2) is 46.8 Å². The molecule has 182 valence electrons. The molecule has 0 saturated heterocycles. The highest BCUT2D eigenvalue weighted by Gasteiger charge is 2.25. The molecular weight excluding hydrogens is 431 g/mol. The zero-order valence-electron chi connectivity index (χ0n) is 19.7. The van der Waals surface area contributed by atoms with E-state index in [-0.39, 0.29) is 17.8 Å². The fourth-order valence-corrected chi connectivity index (χ4v) is 2.48. The second-order valence-electron chi connectivity index (χ2n) is 8.79. The van der Waals surface area contributed by atoms with Crippen molar-refractivity contribution in [2.24, 2.45) is 17.8 Å². The molecule has 0 aliphatic heterocycles. The minimum Gasteiger partial charge on any atom is -0.385 e. The van der Waals surface area contributed by atoms with Gasteiger partial charge in [-0.2, -0.15) is 0 Å². The van der Waals surface area contributed by atoms with Crippen LogP contribution in [0.4, 0.5) is 0 Å². The Labute approximate surface area is 191 Å². The standard InChI is InChI=1S/3C8H12O.H3O4P/c3*1-7-5-3-4-6-8(7,2)9;1-5(2,3)4/h3*3-7,9H,1-2H3;(H3,1,2,3,4). The largest absolute Gasteiger partial charge is 0.466 e. The lowest BCUT2D eigenvalue weighted by Gasteiger charge is -2.26. The third-order valence-electron chi connectivity index (χ3n) is 5.60. The first-order chi connectivity index (χ1) is 14.4. The number of allylic oxidation sites excluding steroid dienone is 6. The van der Waals surface area contributed by atoms with Crippen LogP contribution in [-0.2, 0) is 4.57 Å². The fourth-order valence-electron chi connectivity index (χ4n) is 2.48. The topological polar surface area (TPSA) is 138 Å². The van der Waals surface area contributed by atoms with E-state index in [4.69, 9.17) is 19.2 Å². The number of phosphoric acid groups is 1. The molecule has 0 radical (unpaired) electrons. The van der Waals surface area contributed by atoms with Crippen molar-refractivity contribution in [2.75, 3.05) is 0 Å². The first kappa shape index (κ1) is 30.4. The highest BCUT2D eigenvalue weighted by Crippen LogP contribution is 2.26. The van der Waals surface area contributed by atoms with Crippen LogP contribution in [0.15, 0.2) is 72.9 Å². The maximum Gasteiger partial charge on any atom is 0.466 e. The molecule has 3 rings (SSSR count). The summed E-state index contributed by atoms with van der Waals surface area (Å²) in [6, 6.07) is 0. The van der Waals surface area contributed by atoms with Gasteiger partial charge in [-0.1, -0.05) is 93.7 Å². The van der Waals surface area contributed by atoms with E-state index in [0.29, 0.717) is 0 Å². The number of hydrogen-bond acceptors (Lipinski definition) is 4. The van der Waals surface area contributed by atoms with E-state index < -0.39 is 24.6 Å². The maximum atomic E-state index is 9.50. The summed E-state index contributed by atoms with van der Waals surface area (Å²) in [6.45, 7) is 11.5. The molecule has 3 aliphatic rings. The van der Waals surface area contributed by atoms with Gasteiger partial charge in [0.2, 0.25) is 0 Å². The number of rotatable bonds is 0. The molecule has 0 saturated carbocycles. The summed E-state index contributed by atoms with van der Waals surface area (Å²) < 4.78 is 8.88. The van der Waals surface area contributed by atoms with Gasteiger partial charge in [0.05, 0.1) is 16.8 Å². The van der Waals surface area contributed by atoms with Crippen LogP contribution in [0.5, 0.6) is 0 Å². The Morgan fingerprint density at radius 2 is 0.750 bits per heavy atom. The monoisotopic (exact) mass is 470 g/mol. The molecule has 0 aromatic rings. The molecule has 6 atom stereocenters. The first-order valence-corrected chi connectivity index (χ1v) is 12.0. The lowest BCUT2D eigenvalue weighted by molar-refractivity contribution is 0.0726. The smallest absolute Gasteiger partial charge is 0.385 e. The van der Waals surface area contributed by atoms with Gasteiger partial charge >= 0.3 is 7.82 Å². The van der Waals surface area contributed by atoms with Crippen molar-refractivity contribution in [1.82, 2.24) is 0 Å². The Bertz CT molecular complexity index is 697. The highest BCUT2D eigenvalue weighted by molar-refractivity contribution is 7.45.